The number of unbranched alkanes of at least 4 members (excludes halogenated alkanes) is 1. The summed E-state index contributed by atoms with van der Waals surface area (Å²) >= 11 is 0. The molecule has 30 heavy (non-hydrogen) atoms. The van der Waals surface area contributed by atoms with E-state index in [1.807, 2.05) is 32.9 Å². The van der Waals surface area contributed by atoms with Crippen LogP contribution in [-0.2, 0) is 24.7 Å². The Morgan fingerprint density at radius 1 is 1.20 bits per heavy atom. The van der Waals surface area contributed by atoms with E-state index < -0.39 is 29.4 Å². The van der Waals surface area contributed by atoms with E-state index in [0.29, 0.717) is 24.2 Å². The van der Waals surface area contributed by atoms with Gasteiger partial charge in [0.25, 0.3) is 0 Å². The zero-order valence-corrected chi connectivity index (χ0v) is 17.4. The number of hydrogen-bond acceptors (Lipinski definition) is 5. The second-order valence-corrected chi connectivity index (χ2v) is 8.63. The molecule has 0 radical (unpaired) electrons. The van der Waals surface area contributed by atoms with Crippen LogP contribution in [0.4, 0.5) is 5.69 Å². The molecule has 3 aliphatic heterocycles. The molecule has 3 aliphatic rings. The summed E-state index contributed by atoms with van der Waals surface area (Å²) in [6.45, 7) is 6.13. The largest absolute Gasteiger partial charge is 0.481 e. The van der Waals surface area contributed by atoms with Crippen molar-refractivity contribution in [3.8, 4) is 0 Å². The summed E-state index contributed by atoms with van der Waals surface area (Å²) in [6, 6.07) is 3.28. The standard InChI is InChI=1S/C22H27N3O5/c1-4-5-8-25-19(28)16-14(6-7-15(26)27)24-22(17(16)20(25)29)13-10-11(2)9-12(3)18(13)23-21(22)30/h9-10,14,16-17,24H,4-8H2,1-3H3,(H,23,30)(H,26,27). The molecule has 8 heteroatoms. The molecule has 1 aromatic carbocycles. The highest BCUT2D eigenvalue weighted by atomic mass is 16.4. The van der Waals surface area contributed by atoms with Crippen LogP contribution >= 0.6 is 0 Å². The molecule has 1 aromatic rings. The van der Waals surface area contributed by atoms with Gasteiger partial charge in [-0.3, -0.25) is 29.4 Å². The molecular weight excluding hydrogens is 386 g/mol. The number of amides is 3. The topological polar surface area (TPSA) is 116 Å². The number of aryl methyl sites for hydroxylation is 2. The monoisotopic (exact) mass is 413 g/mol. The van der Waals surface area contributed by atoms with Crippen molar-refractivity contribution in [3.05, 3.63) is 28.8 Å². The van der Waals surface area contributed by atoms with Crippen LogP contribution < -0.4 is 10.6 Å². The van der Waals surface area contributed by atoms with Crippen molar-refractivity contribution >= 4 is 29.4 Å². The molecule has 0 bridgehead atoms. The lowest BCUT2D eigenvalue weighted by molar-refractivity contribution is -0.143. The Morgan fingerprint density at radius 2 is 1.93 bits per heavy atom. The fourth-order valence-electron chi connectivity index (χ4n) is 5.38. The number of carboxylic acids is 1. The molecule has 3 N–H and O–H groups in total. The van der Waals surface area contributed by atoms with Gasteiger partial charge >= 0.3 is 5.97 Å². The van der Waals surface area contributed by atoms with Gasteiger partial charge in [-0.25, -0.2) is 0 Å². The number of imide groups is 1. The maximum Gasteiger partial charge on any atom is 0.303 e. The minimum Gasteiger partial charge on any atom is -0.481 e. The molecule has 4 atom stereocenters. The Bertz CT molecular complexity index is 958. The normalized spacial score (nSPS) is 29.5. The first-order chi connectivity index (χ1) is 14.2. The average molecular weight is 413 g/mol. The maximum atomic E-state index is 13.4. The number of nitrogens with zero attached hydrogens (tertiary/aromatic N) is 1. The molecule has 4 unspecified atom stereocenters. The van der Waals surface area contributed by atoms with Gasteiger partial charge in [-0.05, 0) is 32.3 Å². The third-order valence-corrected chi connectivity index (χ3v) is 6.66. The second kappa shape index (κ2) is 7.19. The van der Waals surface area contributed by atoms with Gasteiger partial charge in [0, 0.05) is 30.3 Å². The third kappa shape index (κ3) is 2.77. The first-order valence-corrected chi connectivity index (χ1v) is 10.5. The van der Waals surface area contributed by atoms with Crippen molar-refractivity contribution in [2.75, 3.05) is 11.9 Å². The molecule has 3 heterocycles. The fraction of sp³-hybridized carbons (Fsp3) is 0.545. The number of hydrogen-bond donors (Lipinski definition) is 3. The summed E-state index contributed by atoms with van der Waals surface area (Å²) in [5.41, 5.74) is 1.84. The van der Waals surface area contributed by atoms with Crippen LogP contribution in [0.2, 0.25) is 0 Å². The molecule has 0 aromatic heterocycles. The Kier molecular flexibility index (Phi) is 4.92. The second-order valence-electron chi connectivity index (χ2n) is 8.63. The van der Waals surface area contributed by atoms with Crippen molar-refractivity contribution in [2.45, 2.75) is 58.0 Å². The Balaban J connectivity index is 1.84. The van der Waals surface area contributed by atoms with Crippen LogP contribution in [0.5, 0.6) is 0 Å². The summed E-state index contributed by atoms with van der Waals surface area (Å²) in [7, 11) is 0. The summed E-state index contributed by atoms with van der Waals surface area (Å²) in [6.07, 6.45) is 1.55. The number of carbonyl (C=O) groups is 4. The molecule has 0 aliphatic carbocycles. The number of carboxylic acid groups (broad SMARTS) is 1. The number of carbonyl (C=O) groups excluding carboxylic acids is 3. The lowest BCUT2D eigenvalue weighted by atomic mass is 9.75. The van der Waals surface area contributed by atoms with Crippen LogP contribution in [0.25, 0.3) is 0 Å². The van der Waals surface area contributed by atoms with Crippen LogP contribution in [0.3, 0.4) is 0 Å². The lowest BCUT2D eigenvalue weighted by Crippen LogP contribution is -2.53. The van der Waals surface area contributed by atoms with E-state index in [9.17, 15) is 24.3 Å². The van der Waals surface area contributed by atoms with E-state index in [2.05, 4.69) is 10.6 Å². The van der Waals surface area contributed by atoms with Crippen molar-refractivity contribution in [3.63, 3.8) is 0 Å². The van der Waals surface area contributed by atoms with Crippen LogP contribution in [0.15, 0.2) is 12.1 Å². The highest BCUT2D eigenvalue weighted by Crippen LogP contribution is 2.54. The van der Waals surface area contributed by atoms with E-state index in [1.54, 1.807) is 0 Å². The van der Waals surface area contributed by atoms with Gasteiger partial charge in [0.05, 0.1) is 11.8 Å². The summed E-state index contributed by atoms with van der Waals surface area (Å²) < 4.78 is 0. The highest BCUT2D eigenvalue weighted by molar-refractivity contribution is 6.15. The number of benzene rings is 1. The third-order valence-electron chi connectivity index (χ3n) is 6.66. The predicted octanol–water partition coefficient (Wildman–Crippen LogP) is 1.69. The number of rotatable bonds is 6. The maximum absolute atomic E-state index is 13.4. The molecule has 2 saturated heterocycles. The van der Waals surface area contributed by atoms with Gasteiger partial charge in [0.2, 0.25) is 17.7 Å². The van der Waals surface area contributed by atoms with E-state index in [0.717, 1.165) is 17.5 Å². The minimum absolute atomic E-state index is 0.144. The Hall–Kier alpha value is -2.74. The Morgan fingerprint density at radius 3 is 2.60 bits per heavy atom. The zero-order valence-electron chi connectivity index (χ0n) is 17.4. The average Bonchev–Trinajstić information content (AvgIpc) is 3.25. The van der Waals surface area contributed by atoms with Crippen LogP contribution in [0, 0.1) is 25.7 Å². The van der Waals surface area contributed by atoms with Gasteiger partial charge in [-0.15, -0.1) is 0 Å². The number of aliphatic carboxylic acids is 1. The van der Waals surface area contributed by atoms with E-state index >= 15 is 0 Å². The summed E-state index contributed by atoms with van der Waals surface area (Å²) in [5, 5.41) is 15.4. The molecule has 3 amide bonds. The van der Waals surface area contributed by atoms with Crippen molar-refractivity contribution in [1.29, 1.82) is 0 Å². The van der Waals surface area contributed by atoms with E-state index in [1.165, 1.54) is 4.90 Å². The molecule has 160 valence electrons. The van der Waals surface area contributed by atoms with Crippen molar-refractivity contribution in [2.24, 2.45) is 11.8 Å². The van der Waals surface area contributed by atoms with E-state index in [4.69, 9.17) is 0 Å². The van der Waals surface area contributed by atoms with E-state index in [-0.39, 0.29) is 30.6 Å². The smallest absolute Gasteiger partial charge is 0.303 e. The first kappa shape index (κ1) is 20.5. The quantitative estimate of drug-likeness (QED) is 0.611. The molecule has 2 fully saturated rings. The summed E-state index contributed by atoms with van der Waals surface area (Å²) in [4.78, 5) is 52.5. The molecule has 1 spiro atoms. The van der Waals surface area contributed by atoms with Crippen molar-refractivity contribution < 1.29 is 24.3 Å². The number of fused-ring (bicyclic) bond motifs is 4. The predicted molar refractivity (Wildman–Crippen MR) is 109 cm³/mol. The molecule has 0 saturated carbocycles. The van der Waals surface area contributed by atoms with Crippen LogP contribution in [0.1, 0.15) is 49.3 Å². The Labute approximate surface area is 175 Å². The van der Waals surface area contributed by atoms with Gasteiger partial charge in [-0.2, -0.15) is 0 Å². The molecule has 8 nitrogen and oxygen atoms in total. The number of likely N-dealkylation sites (tertiary alicyclic amines) is 1. The van der Waals surface area contributed by atoms with Gasteiger partial charge in [0.15, 0.2) is 0 Å². The minimum atomic E-state index is -1.35. The van der Waals surface area contributed by atoms with Crippen LogP contribution in [-0.4, -0.2) is 46.3 Å². The first-order valence-electron chi connectivity index (χ1n) is 10.5. The van der Waals surface area contributed by atoms with Gasteiger partial charge < -0.3 is 10.4 Å². The molecular formula is C22H27N3O5. The van der Waals surface area contributed by atoms with Crippen molar-refractivity contribution in [1.82, 2.24) is 10.2 Å². The zero-order chi connectivity index (χ0) is 21.8. The molecule has 4 rings (SSSR count). The number of nitrogens with one attached hydrogen (secondary N) is 2. The van der Waals surface area contributed by atoms with Gasteiger partial charge in [-0.1, -0.05) is 31.0 Å². The lowest BCUT2D eigenvalue weighted by Gasteiger charge is -2.29. The highest BCUT2D eigenvalue weighted by Gasteiger charge is 2.70. The fourth-order valence-corrected chi connectivity index (χ4v) is 5.38. The summed E-state index contributed by atoms with van der Waals surface area (Å²) in [5.74, 6) is -3.58. The van der Waals surface area contributed by atoms with Gasteiger partial charge in [0.1, 0.15) is 5.54 Å². The SMILES string of the molecule is CCCCN1C(=O)C2C(CCC(=O)O)NC3(C(=O)Nc4c(C)cc(C)cc43)C2C1=O. The number of anilines is 1.